The lowest BCUT2D eigenvalue weighted by molar-refractivity contribution is 0.0376. The van der Waals surface area contributed by atoms with Crippen LogP contribution in [0.5, 0.6) is 0 Å². The minimum absolute atomic E-state index is 0.0103. The molecule has 1 aliphatic rings. The SMILES string of the molecule is Cc1cc(C)c2nc(N(CCCN3CCOCC3)C(=O)c3ccc4ccccc4c3)sc2c1. The molecule has 2 heterocycles. The van der Waals surface area contributed by atoms with Gasteiger partial charge in [0.15, 0.2) is 5.13 Å². The van der Waals surface area contributed by atoms with Crippen LogP contribution in [0.25, 0.3) is 21.0 Å². The molecule has 1 fully saturated rings. The number of aromatic nitrogens is 1. The fraction of sp³-hybridized carbons (Fsp3) is 0.333. The summed E-state index contributed by atoms with van der Waals surface area (Å²) in [6.45, 7) is 9.27. The summed E-state index contributed by atoms with van der Waals surface area (Å²) in [5, 5.41) is 2.99. The second-order valence-corrected chi connectivity index (χ2v) is 9.76. The monoisotopic (exact) mass is 459 g/mol. The van der Waals surface area contributed by atoms with Gasteiger partial charge in [-0.15, -0.1) is 0 Å². The Bertz CT molecular complexity index is 1290. The van der Waals surface area contributed by atoms with Crippen molar-refractivity contribution in [2.45, 2.75) is 20.3 Å². The fourth-order valence-electron chi connectivity index (χ4n) is 4.51. The number of hydrogen-bond donors (Lipinski definition) is 0. The van der Waals surface area contributed by atoms with Crippen LogP contribution in [-0.2, 0) is 4.74 Å². The van der Waals surface area contributed by atoms with Crippen LogP contribution in [0.3, 0.4) is 0 Å². The average Bonchev–Trinajstić information content (AvgIpc) is 3.26. The number of amides is 1. The molecule has 0 bridgehead atoms. The van der Waals surface area contributed by atoms with Gasteiger partial charge in [0.1, 0.15) is 0 Å². The van der Waals surface area contributed by atoms with Crippen molar-refractivity contribution in [3.63, 3.8) is 0 Å². The van der Waals surface area contributed by atoms with Gasteiger partial charge in [0.05, 0.1) is 23.4 Å². The Labute approximate surface area is 198 Å². The zero-order valence-electron chi connectivity index (χ0n) is 19.2. The molecule has 0 radical (unpaired) electrons. The van der Waals surface area contributed by atoms with Crippen LogP contribution in [0.15, 0.2) is 54.6 Å². The van der Waals surface area contributed by atoms with Crippen molar-refractivity contribution in [2.75, 3.05) is 44.3 Å². The van der Waals surface area contributed by atoms with Crippen LogP contribution in [-0.4, -0.2) is 55.2 Å². The van der Waals surface area contributed by atoms with Crippen LogP contribution >= 0.6 is 11.3 Å². The topological polar surface area (TPSA) is 45.7 Å². The summed E-state index contributed by atoms with van der Waals surface area (Å²) in [6.07, 6.45) is 0.896. The van der Waals surface area contributed by atoms with Crippen LogP contribution in [0, 0.1) is 13.8 Å². The van der Waals surface area contributed by atoms with Crippen molar-refractivity contribution in [1.82, 2.24) is 9.88 Å². The van der Waals surface area contributed by atoms with E-state index in [2.05, 4.69) is 43.0 Å². The van der Waals surface area contributed by atoms with Gasteiger partial charge < -0.3 is 4.74 Å². The molecule has 1 aromatic heterocycles. The molecule has 1 amide bonds. The normalized spacial score (nSPS) is 14.7. The molecule has 33 heavy (non-hydrogen) atoms. The number of nitrogens with zero attached hydrogens (tertiary/aromatic N) is 3. The molecular formula is C27H29N3O2S. The van der Waals surface area contributed by atoms with E-state index in [-0.39, 0.29) is 5.91 Å². The number of carbonyl (C=O) groups is 1. The second-order valence-electron chi connectivity index (χ2n) is 8.75. The average molecular weight is 460 g/mol. The van der Waals surface area contributed by atoms with E-state index in [1.165, 1.54) is 5.56 Å². The highest BCUT2D eigenvalue weighted by Gasteiger charge is 2.22. The summed E-state index contributed by atoms with van der Waals surface area (Å²) in [5.41, 5.74) is 4.06. The third-order valence-electron chi connectivity index (χ3n) is 6.25. The number of ether oxygens (including phenoxy) is 1. The molecule has 0 N–H and O–H groups in total. The minimum atomic E-state index is 0.0103. The van der Waals surface area contributed by atoms with Gasteiger partial charge in [-0.05, 0) is 60.4 Å². The number of anilines is 1. The number of aryl methyl sites for hydroxylation is 2. The highest BCUT2D eigenvalue weighted by atomic mass is 32.1. The third-order valence-corrected chi connectivity index (χ3v) is 7.28. The summed E-state index contributed by atoms with van der Waals surface area (Å²) >= 11 is 1.61. The van der Waals surface area contributed by atoms with Crippen molar-refractivity contribution in [2.24, 2.45) is 0 Å². The maximum absolute atomic E-state index is 13.8. The predicted octanol–water partition coefficient (Wildman–Crippen LogP) is 5.44. The van der Waals surface area contributed by atoms with E-state index in [4.69, 9.17) is 9.72 Å². The minimum Gasteiger partial charge on any atom is -0.379 e. The van der Waals surface area contributed by atoms with Gasteiger partial charge in [-0.25, -0.2) is 4.98 Å². The number of carbonyl (C=O) groups excluding carboxylic acids is 1. The summed E-state index contributed by atoms with van der Waals surface area (Å²) in [4.78, 5) is 23.0. The smallest absolute Gasteiger partial charge is 0.260 e. The molecular weight excluding hydrogens is 430 g/mol. The van der Waals surface area contributed by atoms with Gasteiger partial charge in [0, 0.05) is 31.7 Å². The molecule has 3 aromatic carbocycles. The van der Waals surface area contributed by atoms with Gasteiger partial charge >= 0.3 is 0 Å². The number of morpholine rings is 1. The van der Waals surface area contributed by atoms with E-state index in [1.807, 2.05) is 35.2 Å². The summed E-state index contributed by atoms with van der Waals surface area (Å²) in [6, 6.07) is 18.4. The highest BCUT2D eigenvalue weighted by Crippen LogP contribution is 2.33. The zero-order valence-corrected chi connectivity index (χ0v) is 20.0. The summed E-state index contributed by atoms with van der Waals surface area (Å²) in [5.74, 6) is 0.0103. The van der Waals surface area contributed by atoms with Crippen LogP contribution in [0.1, 0.15) is 27.9 Å². The number of fused-ring (bicyclic) bond motifs is 2. The zero-order chi connectivity index (χ0) is 22.8. The number of hydrogen-bond acceptors (Lipinski definition) is 5. The molecule has 1 aliphatic heterocycles. The standard InChI is InChI=1S/C27H29N3O2S/c1-19-16-20(2)25-24(17-19)33-27(28-25)30(11-5-10-29-12-14-32-15-13-29)26(31)23-9-8-21-6-3-4-7-22(21)18-23/h3-4,6-9,16-18H,5,10-15H2,1-2H3. The lowest BCUT2D eigenvalue weighted by atomic mass is 10.1. The largest absolute Gasteiger partial charge is 0.379 e. The predicted molar refractivity (Wildman–Crippen MR) is 137 cm³/mol. The molecule has 0 saturated carbocycles. The van der Waals surface area contributed by atoms with Crippen LogP contribution in [0.2, 0.25) is 0 Å². The van der Waals surface area contributed by atoms with E-state index in [0.717, 1.165) is 71.0 Å². The van der Waals surface area contributed by atoms with Gasteiger partial charge in [-0.3, -0.25) is 14.6 Å². The van der Waals surface area contributed by atoms with Gasteiger partial charge in [0.25, 0.3) is 5.91 Å². The van der Waals surface area contributed by atoms with Gasteiger partial charge in [-0.1, -0.05) is 47.7 Å². The molecule has 1 saturated heterocycles. The third kappa shape index (κ3) is 4.78. The lowest BCUT2D eigenvalue weighted by Crippen LogP contribution is -2.39. The summed E-state index contributed by atoms with van der Waals surface area (Å²) in [7, 11) is 0. The molecule has 0 spiro atoms. The molecule has 5 nitrogen and oxygen atoms in total. The van der Waals surface area contributed by atoms with Crippen molar-refractivity contribution in [3.8, 4) is 0 Å². The molecule has 0 aliphatic carbocycles. The van der Waals surface area contributed by atoms with Gasteiger partial charge in [-0.2, -0.15) is 0 Å². The molecule has 0 unspecified atom stereocenters. The maximum atomic E-state index is 13.8. The van der Waals surface area contributed by atoms with Crippen molar-refractivity contribution >= 4 is 43.4 Å². The van der Waals surface area contributed by atoms with Crippen LogP contribution in [0.4, 0.5) is 5.13 Å². The quantitative estimate of drug-likeness (QED) is 0.385. The fourth-order valence-corrected chi connectivity index (χ4v) is 5.68. The van der Waals surface area contributed by atoms with Crippen molar-refractivity contribution in [1.29, 1.82) is 0 Å². The first-order valence-electron chi connectivity index (χ1n) is 11.6. The number of thiazole rings is 1. The van der Waals surface area contributed by atoms with E-state index in [1.54, 1.807) is 11.3 Å². The van der Waals surface area contributed by atoms with Crippen LogP contribution < -0.4 is 4.90 Å². The second kappa shape index (κ2) is 9.59. The van der Waals surface area contributed by atoms with Crippen molar-refractivity contribution < 1.29 is 9.53 Å². The Kier molecular flexibility index (Phi) is 6.40. The molecule has 5 rings (SSSR count). The van der Waals surface area contributed by atoms with Gasteiger partial charge in [0.2, 0.25) is 0 Å². The lowest BCUT2D eigenvalue weighted by Gasteiger charge is -2.27. The first kappa shape index (κ1) is 22.0. The summed E-state index contributed by atoms with van der Waals surface area (Å²) < 4.78 is 6.60. The molecule has 0 atom stereocenters. The first-order valence-corrected chi connectivity index (χ1v) is 12.4. The Hall–Kier alpha value is -2.80. The Balaban J connectivity index is 1.45. The molecule has 4 aromatic rings. The molecule has 170 valence electrons. The number of rotatable bonds is 6. The maximum Gasteiger partial charge on any atom is 0.260 e. The highest BCUT2D eigenvalue weighted by molar-refractivity contribution is 7.22. The van der Waals surface area contributed by atoms with E-state index in [0.29, 0.717) is 12.1 Å². The van der Waals surface area contributed by atoms with E-state index >= 15 is 0 Å². The molecule has 6 heteroatoms. The Morgan fingerprint density at radius 2 is 1.85 bits per heavy atom. The van der Waals surface area contributed by atoms with E-state index < -0.39 is 0 Å². The van der Waals surface area contributed by atoms with Crippen molar-refractivity contribution in [3.05, 3.63) is 71.3 Å². The number of benzene rings is 3. The van der Waals surface area contributed by atoms with E-state index in [9.17, 15) is 4.79 Å². The Morgan fingerprint density at radius 3 is 2.67 bits per heavy atom. The Morgan fingerprint density at radius 1 is 1.06 bits per heavy atom. The first-order chi connectivity index (χ1) is 16.1.